The zero-order valence-corrected chi connectivity index (χ0v) is 14.8. The van der Waals surface area contributed by atoms with E-state index in [1.165, 1.54) is 6.20 Å². The van der Waals surface area contributed by atoms with E-state index in [1.807, 2.05) is 6.92 Å². The number of carbonyl (C=O) groups is 1. The van der Waals surface area contributed by atoms with Crippen LogP contribution in [0.25, 0.3) is 5.69 Å². The molecule has 0 unspecified atom stereocenters. The molecule has 0 aliphatic heterocycles. The Kier molecular flexibility index (Phi) is 4.78. The second kappa shape index (κ2) is 6.90. The first kappa shape index (κ1) is 18.7. The molecule has 0 aliphatic rings. The first-order chi connectivity index (χ1) is 12.6. The molecule has 27 heavy (non-hydrogen) atoms. The van der Waals surface area contributed by atoms with Gasteiger partial charge in [0.2, 0.25) is 0 Å². The highest BCUT2D eigenvalue weighted by molar-refractivity contribution is 5.98. The van der Waals surface area contributed by atoms with E-state index in [1.54, 1.807) is 42.0 Å². The van der Waals surface area contributed by atoms with Gasteiger partial charge in [0.05, 0.1) is 5.56 Å². The van der Waals surface area contributed by atoms with Crippen molar-refractivity contribution in [3.05, 3.63) is 76.9 Å². The number of imidazole rings is 1. The van der Waals surface area contributed by atoms with Crippen LogP contribution < -0.4 is 5.73 Å². The number of anilines is 1. The van der Waals surface area contributed by atoms with Gasteiger partial charge in [0.15, 0.2) is 5.78 Å². The van der Waals surface area contributed by atoms with E-state index in [4.69, 9.17) is 5.73 Å². The highest BCUT2D eigenvalue weighted by atomic mass is 19.4. The number of carbonyl (C=O) groups excluding carboxylic acids is 1. The molecule has 0 saturated heterocycles. The number of hydrogen-bond acceptors (Lipinski definition) is 3. The number of nitrogens with two attached hydrogens (primary N) is 1. The summed E-state index contributed by atoms with van der Waals surface area (Å²) in [6, 6.07) is 8.51. The molecular weight excluding hydrogens is 355 g/mol. The lowest BCUT2D eigenvalue weighted by Gasteiger charge is -2.14. The van der Waals surface area contributed by atoms with E-state index in [0.717, 1.165) is 17.7 Å². The third-order valence-electron chi connectivity index (χ3n) is 4.37. The van der Waals surface area contributed by atoms with Gasteiger partial charge in [0.1, 0.15) is 5.82 Å². The minimum absolute atomic E-state index is 0.160. The largest absolute Gasteiger partial charge is 0.416 e. The molecule has 0 fully saturated rings. The van der Waals surface area contributed by atoms with Gasteiger partial charge in [0, 0.05) is 35.8 Å². The topological polar surface area (TPSA) is 60.9 Å². The van der Waals surface area contributed by atoms with Crippen molar-refractivity contribution in [1.29, 1.82) is 0 Å². The molecule has 2 N–H and O–H groups in total. The van der Waals surface area contributed by atoms with Crippen LogP contribution in [0.4, 0.5) is 18.9 Å². The number of ketones is 1. The maximum Gasteiger partial charge on any atom is 0.416 e. The number of halogens is 3. The molecule has 0 amide bonds. The standard InChI is InChI=1S/C20H18F3N3O/c1-12-3-4-15(10-18(12)24)19(27)9-14-7-16(20(21,22)23)11-17(8-14)26-6-5-25-13(26)2/h3-8,10-11H,9,24H2,1-2H3. The fourth-order valence-electron chi connectivity index (χ4n) is 2.83. The summed E-state index contributed by atoms with van der Waals surface area (Å²) in [6.07, 6.45) is -1.59. The van der Waals surface area contributed by atoms with Crippen LogP contribution in [-0.2, 0) is 12.6 Å². The zero-order valence-electron chi connectivity index (χ0n) is 14.8. The molecule has 2 aromatic carbocycles. The summed E-state index contributed by atoms with van der Waals surface area (Å²) in [7, 11) is 0. The normalized spacial score (nSPS) is 11.6. The Morgan fingerprint density at radius 3 is 2.48 bits per heavy atom. The van der Waals surface area contributed by atoms with Crippen LogP contribution in [0.2, 0.25) is 0 Å². The summed E-state index contributed by atoms with van der Waals surface area (Å²) in [6.45, 7) is 3.51. The van der Waals surface area contributed by atoms with Gasteiger partial charge in [-0.05, 0) is 49.2 Å². The molecule has 0 radical (unpaired) electrons. The van der Waals surface area contributed by atoms with Crippen molar-refractivity contribution in [1.82, 2.24) is 9.55 Å². The van der Waals surface area contributed by atoms with E-state index in [0.29, 0.717) is 22.8 Å². The van der Waals surface area contributed by atoms with Gasteiger partial charge in [-0.2, -0.15) is 13.2 Å². The zero-order chi connectivity index (χ0) is 19.8. The predicted molar refractivity (Wildman–Crippen MR) is 96.9 cm³/mol. The maximum atomic E-state index is 13.3. The molecule has 1 heterocycles. The van der Waals surface area contributed by atoms with E-state index >= 15 is 0 Å². The number of benzene rings is 2. The van der Waals surface area contributed by atoms with Crippen molar-refractivity contribution in [2.75, 3.05) is 5.73 Å². The Bertz CT molecular complexity index is 1010. The summed E-state index contributed by atoms with van der Waals surface area (Å²) in [5.41, 5.74) is 7.29. The van der Waals surface area contributed by atoms with E-state index in [2.05, 4.69) is 4.98 Å². The third kappa shape index (κ3) is 4.02. The molecular formula is C20H18F3N3O. The molecule has 3 rings (SSSR count). The highest BCUT2D eigenvalue weighted by Gasteiger charge is 2.31. The molecule has 7 heteroatoms. The minimum atomic E-state index is -4.52. The maximum absolute atomic E-state index is 13.3. The minimum Gasteiger partial charge on any atom is -0.398 e. The second-order valence-corrected chi connectivity index (χ2v) is 6.40. The van der Waals surface area contributed by atoms with Crippen LogP contribution >= 0.6 is 0 Å². The predicted octanol–water partition coefficient (Wildman–Crippen LogP) is 4.52. The van der Waals surface area contributed by atoms with E-state index in [9.17, 15) is 18.0 Å². The van der Waals surface area contributed by atoms with Gasteiger partial charge in [0.25, 0.3) is 0 Å². The Balaban J connectivity index is 2.00. The smallest absolute Gasteiger partial charge is 0.398 e. The van der Waals surface area contributed by atoms with Crippen molar-refractivity contribution >= 4 is 11.5 Å². The van der Waals surface area contributed by atoms with Crippen molar-refractivity contribution in [3.8, 4) is 5.69 Å². The summed E-state index contributed by atoms with van der Waals surface area (Å²) < 4.78 is 41.5. The monoisotopic (exact) mass is 373 g/mol. The summed E-state index contributed by atoms with van der Waals surface area (Å²) in [5.74, 6) is 0.257. The third-order valence-corrected chi connectivity index (χ3v) is 4.37. The fraction of sp³-hybridized carbons (Fsp3) is 0.200. The van der Waals surface area contributed by atoms with Crippen LogP contribution in [0, 0.1) is 13.8 Å². The quantitative estimate of drug-likeness (QED) is 0.540. The van der Waals surface area contributed by atoms with E-state index < -0.39 is 11.7 Å². The lowest BCUT2D eigenvalue weighted by molar-refractivity contribution is -0.137. The number of nitrogens with zero attached hydrogens (tertiary/aromatic N) is 2. The Morgan fingerprint density at radius 2 is 1.89 bits per heavy atom. The average Bonchev–Trinajstić information content (AvgIpc) is 3.02. The molecule has 4 nitrogen and oxygen atoms in total. The van der Waals surface area contributed by atoms with Crippen LogP contribution in [-0.4, -0.2) is 15.3 Å². The van der Waals surface area contributed by atoms with Crippen molar-refractivity contribution in [2.45, 2.75) is 26.4 Å². The van der Waals surface area contributed by atoms with Gasteiger partial charge >= 0.3 is 6.18 Å². The number of nitrogen functional groups attached to an aromatic ring is 1. The van der Waals surface area contributed by atoms with Gasteiger partial charge in [-0.3, -0.25) is 4.79 Å². The summed E-state index contributed by atoms with van der Waals surface area (Å²) in [5, 5.41) is 0. The van der Waals surface area contributed by atoms with Gasteiger partial charge < -0.3 is 10.3 Å². The molecule has 140 valence electrons. The number of alkyl halides is 3. The SMILES string of the molecule is Cc1ccc(C(=O)Cc2cc(-n3ccnc3C)cc(C(F)(F)F)c2)cc1N. The number of aryl methyl sites for hydroxylation is 2. The first-order valence-corrected chi connectivity index (χ1v) is 8.26. The van der Waals surface area contributed by atoms with Gasteiger partial charge in [-0.25, -0.2) is 4.98 Å². The lowest BCUT2D eigenvalue weighted by Crippen LogP contribution is -2.10. The molecule has 3 aromatic rings. The molecule has 0 saturated carbocycles. The molecule has 0 atom stereocenters. The van der Waals surface area contributed by atoms with Crippen LogP contribution in [0.1, 0.15) is 32.9 Å². The highest BCUT2D eigenvalue weighted by Crippen LogP contribution is 2.32. The van der Waals surface area contributed by atoms with Crippen LogP contribution in [0.15, 0.2) is 48.8 Å². The van der Waals surface area contributed by atoms with Crippen molar-refractivity contribution in [2.24, 2.45) is 0 Å². The summed E-state index contributed by atoms with van der Waals surface area (Å²) in [4.78, 5) is 16.6. The fourth-order valence-corrected chi connectivity index (χ4v) is 2.83. The van der Waals surface area contributed by atoms with Crippen molar-refractivity contribution in [3.63, 3.8) is 0 Å². The van der Waals surface area contributed by atoms with Crippen LogP contribution in [0.3, 0.4) is 0 Å². The lowest BCUT2D eigenvalue weighted by atomic mass is 9.99. The van der Waals surface area contributed by atoms with Crippen molar-refractivity contribution < 1.29 is 18.0 Å². The Labute approximate surface area is 154 Å². The van der Waals surface area contributed by atoms with Gasteiger partial charge in [-0.1, -0.05) is 12.1 Å². The molecule has 0 spiro atoms. The van der Waals surface area contributed by atoms with E-state index in [-0.39, 0.29) is 17.8 Å². The second-order valence-electron chi connectivity index (χ2n) is 6.40. The number of rotatable bonds is 4. The number of aromatic nitrogens is 2. The number of Topliss-reactive ketones (excluding diaryl/α,β-unsaturated/α-hetero) is 1. The summed E-state index contributed by atoms with van der Waals surface area (Å²) >= 11 is 0. The average molecular weight is 373 g/mol. The van der Waals surface area contributed by atoms with Crippen LogP contribution in [0.5, 0.6) is 0 Å². The Hall–Kier alpha value is -3.09. The Morgan fingerprint density at radius 1 is 1.15 bits per heavy atom. The molecule has 0 bridgehead atoms. The molecule has 1 aromatic heterocycles. The van der Waals surface area contributed by atoms with Gasteiger partial charge in [-0.15, -0.1) is 0 Å². The first-order valence-electron chi connectivity index (χ1n) is 8.26. The number of hydrogen-bond donors (Lipinski definition) is 1. The molecule has 0 aliphatic carbocycles.